The van der Waals surface area contributed by atoms with Crippen molar-refractivity contribution < 1.29 is 4.79 Å². The lowest BCUT2D eigenvalue weighted by molar-refractivity contribution is 0.102. The minimum Gasteiger partial charge on any atom is -0.356 e. The molecule has 0 aliphatic carbocycles. The van der Waals surface area contributed by atoms with E-state index in [9.17, 15) is 4.79 Å². The third-order valence-electron chi connectivity index (χ3n) is 2.20. The summed E-state index contributed by atoms with van der Waals surface area (Å²) in [6, 6.07) is 8.78. The van der Waals surface area contributed by atoms with Gasteiger partial charge >= 0.3 is 0 Å². The van der Waals surface area contributed by atoms with Crippen LogP contribution >= 0.6 is 11.6 Å². The molecule has 0 aliphatic heterocycles. The number of carbonyl (C=O) groups excluding carboxylic acids is 1. The van der Waals surface area contributed by atoms with Gasteiger partial charge in [-0.2, -0.15) is 0 Å². The Morgan fingerprint density at radius 1 is 1.25 bits per heavy atom. The number of rotatable bonds is 2. The molecule has 0 radical (unpaired) electrons. The quantitative estimate of drug-likeness (QED) is 0.852. The van der Waals surface area contributed by atoms with Crippen LogP contribution in [0.25, 0.3) is 0 Å². The van der Waals surface area contributed by atoms with Gasteiger partial charge in [-0.15, -0.1) is 0 Å². The number of nitrogens with one attached hydrogen (secondary N) is 1. The molecular weight excluding hydrogens is 224 g/mol. The zero-order chi connectivity index (χ0) is 11.5. The summed E-state index contributed by atoms with van der Waals surface area (Å²) in [6.45, 7) is 0. The number of benzene rings is 1. The number of carbonyl (C=O) groups is 1. The molecule has 0 saturated carbocycles. The largest absolute Gasteiger partial charge is 0.356 e. The van der Waals surface area contributed by atoms with E-state index in [0.29, 0.717) is 10.6 Å². The van der Waals surface area contributed by atoms with Crippen LogP contribution in [0.1, 0.15) is 10.4 Å². The van der Waals surface area contributed by atoms with Gasteiger partial charge in [-0.25, -0.2) is 0 Å². The molecular formula is C12H11ClN2O. The molecule has 3 nitrogen and oxygen atoms in total. The Morgan fingerprint density at radius 3 is 2.50 bits per heavy atom. The van der Waals surface area contributed by atoms with Crippen LogP contribution in [0.4, 0.5) is 5.69 Å². The van der Waals surface area contributed by atoms with E-state index in [0.717, 1.165) is 5.69 Å². The van der Waals surface area contributed by atoms with Crippen molar-refractivity contribution in [2.75, 3.05) is 5.32 Å². The zero-order valence-corrected chi connectivity index (χ0v) is 9.53. The van der Waals surface area contributed by atoms with Gasteiger partial charge in [-0.3, -0.25) is 4.79 Å². The van der Waals surface area contributed by atoms with Crippen molar-refractivity contribution in [3.05, 3.63) is 53.3 Å². The van der Waals surface area contributed by atoms with Crippen molar-refractivity contribution in [2.45, 2.75) is 0 Å². The first-order chi connectivity index (χ1) is 7.65. The molecule has 0 atom stereocenters. The third kappa shape index (κ3) is 2.44. The van der Waals surface area contributed by atoms with Gasteiger partial charge in [0, 0.05) is 30.2 Å². The highest BCUT2D eigenvalue weighted by atomic mass is 35.5. The third-order valence-corrected chi connectivity index (χ3v) is 2.45. The Kier molecular flexibility index (Phi) is 2.97. The molecule has 0 bridgehead atoms. The van der Waals surface area contributed by atoms with E-state index >= 15 is 0 Å². The van der Waals surface area contributed by atoms with Gasteiger partial charge in [-0.1, -0.05) is 11.6 Å². The Labute approximate surface area is 98.7 Å². The standard InChI is InChI=1S/C12H11ClN2O/c1-15-7-6-9(8-15)12(16)14-11-4-2-10(13)3-5-11/h2-8H,1H3,(H,14,16). The molecule has 1 N–H and O–H groups in total. The molecule has 0 unspecified atom stereocenters. The van der Waals surface area contributed by atoms with Crippen LogP contribution in [-0.4, -0.2) is 10.5 Å². The Bertz CT molecular complexity index is 502. The molecule has 2 aromatic rings. The first-order valence-corrected chi connectivity index (χ1v) is 5.22. The highest BCUT2D eigenvalue weighted by molar-refractivity contribution is 6.30. The summed E-state index contributed by atoms with van der Waals surface area (Å²) >= 11 is 5.75. The number of nitrogens with zero attached hydrogens (tertiary/aromatic N) is 1. The van der Waals surface area contributed by atoms with Gasteiger partial charge in [-0.05, 0) is 30.3 Å². The fourth-order valence-electron chi connectivity index (χ4n) is 1.37. The second-order valence-corrected chi connectivity index (χ2v) is 3.96. The van der Waals surface area contributed by atoms with Crippen molar-refractivity contribution in [1.29, 1.82) is 0 Å². The fraction of sp³-hybridized carbons (Fsp3) is 0.0833. The monoisotopic (exact) mass is 234 g/mol. The first kappa shape index (κ1) is 10.8. The fourth-order valence-corrected chi connectivity index (χ4v) is 1.50. The Hall–Kier alpha value is -1.74. The maximum atomic E-state index is 11.8. The lowest BCUT2D eigenvalue weighted by atomic mass is 10.3. The topological polar surface area (TPSA) is 34.0 Å². The predicted molar refractivity (Wildman–Crippen MR) is 64.8 cm³/mol. The normalized spacial score (nSPS) is 10.1. The first-order valence-electron chi connectivity index (χ1n) is 4.84. The molecule has 0 fully saturated rings. The molecule has 1 heterocycles. The van der Waals surface area contributed by atoms with E-state index in [1.54, 1.807) is 36.5 Å². The summed E-state index contributed by atoms with van der Waals surface area (Å²) in [5.41, 5.74) is 1.37. The molecule has 2 rings (SSSR count). The van der Waals surface area contributed by atoms with E-state index in [1.165, 1.54) is 0 Å². The SMILES string of the molecule is Cn1ccc(C(=O)Nc2ccc(Cl)cc2)c1. The summed E-state index contributed by atoms with van der Waals surface area (Å²) in [7, 11) is 1.87. The van der Waals surface area contributed by atoms with Crippen molar-refractivity contribution >= 4 is 23.2 Å². The maximum Gasteiger partial charge on any atom is 0.257 e. The van der Waals surface area contributed by atoms with Gasteiger partial charge in [0.1, 0.15) is 0 Å². The van der Waals surface area contributed by atoms with Crippen molar-refractivity contribution in [3.8, 4) is 0 Å². The molecule has 0 saturated heterocycles. The van der Waals surface area contributed by atoms with E-state index in [2.05, 4.69) is 5.32 Å². The van der Waals surface area contributed by atoms with Crippen LogP contribution in [-0.2, 0) is 7.05 Å². The molecule has 16 heavy (non-hydrogen) atoms. The highest BCUT2D eigenvalue weighted by Crippen LogP contribution is 2.14. The number of aromatic nitrogens is 1. The Balaban J connectivity index is 2.10. The zero-order valence-electron chi connectivity index (χ0n) is 8.77. The number of anilines is 1. The van der Waals surface area contributed by atoms with E-state index in [4.69, 9.17) is 11.6 Å². The minimum absolute atomic E-state index is 0.122. The number of aryl methyl sites for hydroxylation is 1. The molecule has 1 aromatic carbocycles. The molecule has 82 valence electrons. The molecule has 0 aliphatic rings. The van der Waals surface area contributed by atoms with E-state index in [-0.39, 0.29) is 5.91 Å². The van der Waals surface area contributed by atoms with Crippen LogP contribution in [0.5, 0.6) is 0 Å². The van der Waals surface area contributed by atoms with Crippen molar-refractivity contribution in [3.63, 3.8) is 0 Å². The number of hydrogen-bond acceptors (Lipinski definition) is 1. The molecule has 0 spiro atoms. The summed E-state index contributed by atoms with van der Waals surface area (Å²) < 4.78 is 1.83. The average Bonchev–Trinajstić information content (AvgIpc) is 2.68. The van der Waals surface area contributed by atoms with Gasteiger partial charge in [0.05, 0.1) is 5.56 Å². The lowest BCUT2D eigenvalue weighted by Gasteiger charge is -2.03. The van der Waals surface area contributed by atoms with Gasteiger partial charge in [0.2, 0.25) is 0 Å². The number of amides is 1. The number of halogens is 1. The van der Waals surface area contributed by atoms with Crippen LogP contribution in [0, 0.1) is 0 Å². The van der Waals surface area contributed by atoms with E-state index in [1.807, 2.05) is 17.8 Å². The summed E-state index contributed by atoms with van der Waals surface area (Å²) in [6.07, 6.45) is 3.60. The Morgan fingerprint density at radius 2 is 1.94 bits per heavy atom. The summed E-state index contributed by atoms with van der Waals surface area (Å²) in [5.74, 6) is -0.122. The van der Waals surface area contributed by atoms with Gasteiger partial charge in [0.15, 0.2) is 0 Å². The highest BCUT2D eigenvalue weighted by Gasteiger charge is 2.06. The molecule has 1 aromatic heterocycles. The van der Waals surface area contributed by atoms with Crippen LogP contribution in [0.3, 0.4) is 0 Å². The average molecular weight is 235 g/mol. The summed E-state index contributed by atoms with van der Waals surface area (Å²) in [4.78, 5) is 11.8. The van der Waals surface area contributed by atoms with Gasteiger partial charge in [0.25, 0.3) is 5.91 Å². The second kappa shape index (κ2) is 4.41. The van der Waals surface area contributed by atoms with Crippen molar-refractivity contribution in [1.82, 2.24) is 4.57 Å². The van der Waals surface area contributed by atoms with Crippen LogP contribution < -0.4 is 5.32 Å². The molecule has 4 heteroatoms. The summed E-state index contributed by atoms with van der Waals surface area (Å²) in [5, 5.41) is 3.44. The minimum atomic E-state index is -0.122. The predicted octanol–water partition coefficient (Wildman–Crippen LogP) is 2.93. The number of hydrogen-bond donors (Lipinski definition) is 1. The van der Waals surface area contributed by atoms with Gasteiger partial charge < -0.3 is 9.88 Å². The maximum absolute atomic E-state index is 11.8. The smallest absolute Gasteiger partial charge is 0.257 e. The van der Waals surface area contributed by atoms with Crippen LogP contribution in [0.15, 0.2) is 42.7 Å². The molecule has 1 amide bonds. The lowest BCUT2D eigenvalue weighted by Crippen LogP contribution is -2.10. The van der Waals surface area contributed by atoms with E-state index < -0.39 is 0 Å². The second-order valence-electron chi connectivity index (χ2n) is 3.53. The van der Waals surface area contributed by atoms with Crippen molar-refractivity contribution in [2.24, 2.45) is 7.05 Å². The van der Waals surface area contributed by atoms with Crippen LogP contribution in [0.2, 0.25) is 5.02 Å².